The zero-order chi connectivity index (χ0) is 15.4. The van der Waals surface area contributed by atoms with E-state index in [1.54, 1.807) is 6.07 Å². The average molecular weight is 463 g/mol. The summed E-state index contributed by atoms with van der Waals surface area (Å²) in [7, 11) is 0. The number of nitrogens with one attached hydrogen (secondary N) is 2. The maximum atomic E-state index is 11.8. The van der Waals surface area contributed by atoms with Gasteiger partial charge < -0.3 is 15.1 Å². The fourth-order valence-electron chi connectivity index (χ4n) is 1.56. The molecule has 1 aromatic carbocycles. The van der Waals surface area contributed by atoms with Gasteiger partial charge in [-0.15, -0.1) is 0 Å². The second-order valence-corrected chi connectivity index (χ2v) is 6.24. The Morgan fingerprint density at radius 2 is 2.05 bits per heavy atom. The van der Waals surface area contributed by atoms with Crippen molar-refractivity contribution in [3.63, 3.8) is 0 Å². The van der Waals surface area contributed by atoms with Crippen LogP contribution in [0.25, 0.3) is 0 Å². The molecular formula is C14H12BrIN2O3. The van der Waals surface area contributed by atoms with E-state index >= 15 is 0 Å². The molecule has 1 heterocycles. The molecule has 2 amide bonds. The van der Waals surface area contributed by atoms with Gasteiger partial charge in [-0.05, 0) is 75.3 Å². The van der Waals surface area contributed by atoms with Gasteiger partial charge in [0.05, 0.1) is 6.54 Å². The number of carbonyl (C=O) groups excluding carboxylic acids is 2. The molecule has 0 bridgehead atoms. The Bertz CT molecular complexity index is 685. The summed E-state index contributed by atoms with van der Waals surface area (Å²) in [5.74, 6) is -0.581. The molecule has 0 unspecified atom stereocenters. The van der Waals surface area contributed by atoms with Crippen LogP contribution in [0.5, 0.6) is 0 Å². The summed E-state index contributed by atoms with van der Waals surface area (Å²) in [4.78, 5) is 23.5. The van der Waals surface area contributed by atoms with Gasteiger partial charge in [0.2, 0.25) is 5.91 Å². The third-order valence-corrected chi connectivity index (χ3v) is 4.25. The second-order valence-electron chi connectivity index (χ2n) is 4.30. The number of amides is 2. The van der Waals surface area contributed by atoms with E-state index in [9.17, 15) is 9.59 Å². The molecule has 0 saturated heterocycles. The van der Waals surface area contributed by atoms with Crippen molar-refractivity contribution in [3.8, 4) is 0 Å². The summed E-state index contributed by atoms with van der Waals surface area (Å²) < 4.78 is 6.63. The average Bonchev–Trinajstić information content (AvgIpc) is 2.87. The van der Waals surface area contributed by atoms with Crippen molar-refractivity contribution in [1.29, 1.82) is 0 Å². The lowest BCUT2D eigenvalue weighted by Gasteiger charge is -2.07. The minimum Gasteiger partial charge on any atom is -0.444 e. The van der Waals surface area contributed by atoms with E-state index in [1.165, 1.54) is 6.07 Å². The minimum absolute atomic E-state index is 0.123. The lowest BCUT2D eigenvalue weighted by Crippen LogP contribution is -2.32. The van der Waals surface area contributed by atoms with Crippen LogP contribution in [0.15, 0.2) is 39.4 Å². The molecule has 0 aliphatic heterocycles. The van der Waals surface area contributed by atoms with Gasteiger partial charge in [-0.25, -0.2) is 0 Å². The SMILES string of the molecule is Cc1ccc(NC(=O)CNC(=O)c2ccc(Br)o2)cc1I. The summed E-state index contributed by atoms with van der Waals surface area (Å²) in [6, 6.07) is 8.76. The number of rotatable bonds is 4. The van der Waals surface area contributed by atoms with Crippen LogP contribution >= 0.6 is 38.5 Å². The van der Waals surface area contributed by atoms with E-state index in [1.807, 2.05) is 25.1 Å². The fourth-order valence-corrected chi connectivity index (χ4v) is 2.38. The third-order valence-electron chi connectivity index (χ3n) is 2.66. The van der Waals surface area contributed by atoms with Gasteiger partial charge >= 0.3 is 0 Å². The summed E-state index contributed by atoms with van der Waals surface area (Å²) in [6.07, 6.45) is 0. The number of hydrogen-bond donors (Lipinski definition) is 2. The highest BCUT2D eigenvalue weighted by Crippen LogP contribution is 2.17. The van der Waals surface area contributed by atoms with Crippen LogP contribution in [-0.4, -0.2) is 18.4 Å². The summed E-state index contributed by atoms with van der Waals surface area (Å²) in [5.41, 5.74) is 1.84. The zero-order valence-corrected chi connectivity index (χ0v) is 14.8. The Kier molecular flexibility index (Phi) is 5.40. The Balaban J connectivity index is 1.87. The van der Waals surface area contributed by atoms with E-state index in [0.29, 0.717) is 10.4 Å². The zero-order valence-electron chi connectivity index (χ0n) is 11.1. The van der Waals surface area contributed by atoms with Gasteiger partial charge in [0.15, 0.2) is 10.4 Å². The molecule has 5 nitrogen and oxygen atoms in total. The molecule has 0 saturated carbocycles. The van der Waals surface area contributed by atoms with Crippen molar-refractivity contribution in [3.05, 3.63) is 49.9 Å². The normalized spacial score (nSPS) is 10.2. The number of furan rings is 1. The molecule has 2 aromatic rings. The van der Waals surface area contributed by atoms with Crippen LogP contribution in [0.1, 0.15) is 16.1 Å². The fraction of sp³-hybridized carbons (Fsp3) is 0.143. The molecule has 0 atom stereocenters. The van der Waals surface area contributed by atoms with E-state index < -0.39 is 5.91 Å². The molecule has 0 fully saturated rings. The van der Waals surface area contributed by atoms with E-state index in [2.05, 4.69) is 49.2 Å². The van der Waals surface area contributed by atoms with Crippen molar-refractivity contribution in [2.45, 2.75) is 6.92 Å². The standard InChI is InChI=1S/C14H12BrIN2O3/c1-8-2-3-9(6-10(8)16)18-13(19)7-17-14(20)11-4-5-12(15)21-11/h2-6H,7H2,1H3,(H,17,20)(H,18,19). The third kappa shape index (κ3) is 4.57. The Morgan fingerprint density at radius 3 is 2.67 bits per heavy atom. The van der Waals surface area contributed by atoms with Crippen LogP contribution in [-0.2, 0) is 4.79 Å². The lowest BCUT2D eigenvalue weighted by molar-refractivity contribution is -0.115. The first-order valence-electron chi connectivity index (χ1n) is 6.05. The van der Waals surface area contributed by atoms with Gasteiger partial charge in [0.25, 0.3) is 5.91 Å². The van der Waals surface area contributed by atoms with Crippen molar-refractivity contribution in [2.75, 3.05) is 11.9 Å². The quantitative estimate of drug-likeness (QED) is 0.684. The number of benzene rings is 1. The molecule has 1 aromatic heterocycles. The molecule has 2 N–H and O–H groups in total. The molecule has 0 radical (unpaired) electrons. The minimum atomic E-state index is -0.436. The van der Waals surface area contributed by atoms with Gasteiger partial charge in [0, 0.05) is 9.26 Å². The predicted octanol–water partition coefficient (Wildman–Crippen LogP) is 3.32. The molecular weight excluding hydrogens is 451 g/mol. The van der Waals surface area contributed by atoms with Gasteiger partial charge in [-0.1, -0.05) is 6.07 Å². The van der Waals surface area contributed by atoms with Crippen LogP contribution in [0, 0.1) is 10.5 Å². The van der Waals surface area contributed by atoms with Crippen molar-refractivity contribution in [1.82, 2.24) is 5.32 Å². The molecule has 0 aliphatic rings. The molecule has 21 heavy (non-hydrogen) atoms. The highest BCUT2D eigenvalue weighted by molar-refractivity contribution is 14.1. The smallest absolute Gasteiger partial charge is 0.287 e. The molecule has 0 spiro atoms. The van der Waals surface area contributed by atoms with E-state index in [-0.39, 0.29) is 18.2 Å². The molecule has 0 aliphatic carbocycles. The highest BCUT2D eigenvalue weighted by Gasteiger charge is 2.12. The largest absolute Gasteiger partial charge is 0.444 e. The maximum absolute atomic E-state index is 11.8. The Morgan fingerprint density at radius 1 is 1.29 bits per heavy atom. The topological polar surface area (TPSA) is 71.3 Å². The number of carbonyl (C=O) groups is 2. The van der Waals surface area contributed by atoms with Crippen molar-refractivity contribution >= 4 is 56.0 Å². The van der Waals surface area contributed by atoms with Crippen LogP contribution in [0.2, 0.25) is 0 Å². The van der Waals surface area contributed by atoms with Gasteiger partial charge in [-0.3, -0.25) is 9.59 Å². The predicted molar refractivity (Wildman–Crippen MR) is 91.3 cm³/mol. The number of hydrogen-bond acceptors (Lipinski definition) is 3. The first kappa shape index (κ1) is 16.0. The van der Waals surface area contributed by atoms with Gasteiger partial charge in [0.1, 0.15) is 0 Å². The number of anilines is 1. The Hall–Kier alpha value is -1.35. The lowest BCUT2D eigenvalue weighted by atomic mass is 10.2. The summed E-state index contributed by atoms with van der Waals surface area (Å²) in [5, 5.41) is 5.21. The van der Waals surface area contributed by atoms with Crippen molar-refractivity contribution < 1.29 is 14.0 Å². The highest BCUT2D eigenvalue weighted by atomic mass is 127. The van der Waals surface area contributed by atoms with Gasteiger partial charge in [-0.2, -0.15) is 0 Å². The summed E-state index contributed by atoms with van der Waals surface area (Å²) >= 11 is 5.31. The molecule has 2 rings (SSSR count). The maximum Gasteiger partial charge on any atom is 0.287 e. The van der Waals surface area contributed by atoms with E-state index in [4.69, 9.17) is 4.42 Å². The first-order valence-corrected chi connectivity index (χ1v) is 7.92. The second kappa shape index (κ2) is 7.08. The molecule has 110 valence electrons. The van der Waals surface area contributed by atoms with E-state index in [0.717, 1.165) is 9.13 Å². The Labute approximate surface area is 143 Å². The van der Waals surface area contributed by atoms with Crippen LogP contribution < -0.4 is 10.6 Å². The summed E-state index contributed by atoms with van der Waals surface area (Å²) in [6.45, 7) is 1.87. The van der Waals surface area contributed by atoms with Crippen LogP contribution in [0.3, 0.4) is 0 Å². The van der Waals surface area contributed by atoms with Crippen molar-refractivity contribution in [2.24, 2.45) is 0 Å². The number of aryl methyl sites for hydroxylation is 1. The number of halogens is 2. The monoisotopic (exact) mass is 462 g/mol. The first-order chi connectivity index (χ1) is 9.95. The van der Waals surface area contributed by atoms with Crippen LogP contribution in [0.4, 0.5) is 5.69 Å². The molecule has 7 heteroatoms.